The molecule has 3 rings (SSSR count). The second kappa shape index (κ2) is 5.69. The number of imide groups is 1. The predicted molar refractivity (Wildman–Crippen MR) is 93.2 cm³/mol. The number of rotatable bonds is 1. The molecule has 0 saturated carbocycles. The third kappa shape index (κ3) is 2.69. The van der Waals surface area contributed by atoms with Crippen LogP contribution in [0.15, 0.2) is 48.5 Å². The van der Waals surface area contributed by atoms with Crippen molar-refractivity contribution in [3.05, 3.63) is 65.2 Å². The van der Waals surface area contributed by atoms with Gasteiger partial charge in [0.15, 0.2) is 0 Å². The lowest BCUT2D eigenvalue weighted by Gasteiger charge is -2.25. The largest absolute Gasteiger partial charge is 0.443 e. The van der Waals surface area contributed by atoms with E-state index in [9.17, 15) is 9.59 Å². The zero-order valence-electron chi connectivity index (χ0n) is 14.7. The van der Waals surface area contributed by atoms with E-state index in [1.807, 2.05) is 0 Å². The molecule has 1 atom stereocenters. The van der Waals surface area contributed by atoms with Crippen molar-refractivity contribution in [1.29, 1.82) is 0 Å². The number of aryl methyl sites for hydroxylation is 1. The highest BCUT2D eigenvalue weighted by molar-refractivity contribution is 6.21. The molecule has 0 N–H and O–H groups in total. The number of nitrogens with zero attached hydrogens (tertiary/aromatic N) is 1. The summed E-state index contributed by atoms with van der Waals surface area (Å²) in [4.78, 5) is 26.4. The van der Waals surface area contributed by atoms with Crippen LogP contribution in [-0.4, -0.2) is 17.6 Å². The minimum Gasteiger partial charge on any atom is -0.443 e. The number of hydrogen-bond acceptors (Lipinski definition) is 3. The summed E-state index contributed by atoms with van der Waals surface area (Å²) in [7, 11) is 0. The van der Waals surface area contributed by atoms with Crippen molar-refractivity contribution >= 4 is 17.7 Å². The van der Waals surface area contributed by atoms with Crippen LogP contribution < -0.4 is 4.90 Å². The first-order chi connectivity index (χ1) is 11.7. The molecular weight excluding hydrogens is 321 g/mol. The molecule has 25 heavy (non-hydrogen) atoms. The third-order valence-corrected chi connectivity index (χ3v) is 4.11. The third-order valence-electron chi connectivity index (χ3n) is 4.11. The van der Waals surface area contributed by atoms with Gasteiger partial charge in [-0.1, -0.05) is 42.5 Å². The van der Waals surface area contributed by atoms with Gasteiger partial charge in [-0.3, -0.25) is 4.79 Å². The van der Waals surface area contributed by atoms with Gasteiger partial charge in [-0.2, -0.15) is 0 Å². The van der Waals surface area contributed by atoms with Crippen molar-refractivity contribution in [2.45, 2.75) is 39.0 Å². The van der Waals surface area contributed by atoms with Crippen molar-refractivity contribution in [3.63, 3.8) is 0 Å². The average molecular weight is 341 g/mol. The lowest BCUT2D eigenvalue weighted by Crippen LogP contribution is -2.44. The van der Waals surface area contributed by atoms with Crippen LogP contribution >= 0.6 is 0 Å². The molecule has 1 aliphatic rings. The zero-order chi connectivity index (χ0) is 18.4. The molecule has 4 nitrogen and oxygen atoms in total. The molecule has 0 aliphatic carbocycles. The standard InChI is InChI=1S/C20H20FNO3/c1-13-9-5-6-10-14(13)20(21)15-11-7-8-12-16(15)22(17(20)23)18(24)25-19(2,3)4/h5-12H,1-4H3/t20-/m0/s1. The van der Waals surface area contributed by atoms with Crippen LogP contribution in [-0.2, 0) is 15.2 Å². The van der Waals surface area contributed by atoms with E-state index in [0.717, 1.165) is 4.90 Å². The molecule has 2 aromatic carbocycles. The fraction of sp³-hybridized carbons (Fsp3) is 0.300. The lowest BCUT2D eigenvalue weighted by atomic mass is 9.86. The van der Waals surface area contributed by atoms with Crippen molar-refractivity contribution in [2.75, 3.05) is 4.90 Å². The Labute approximate surface area is 146 Å². The predicted octanol–water partition coefficient (Wildman–Crippen LogP) is 4.49. The van der Waals surface area contributed by atoms with Gasteiger partial charge < -0.3 is 4.74 Å². The Hall–Kier alpha value is -2.69. The number of ether oxygens (including phenoxy) is 1. The Morgan fingerprint density at radius 2 is 1.60 bits per heavy atom. The van der Waals surface area contributed by atoms with Crippen LogP contribution in [0.2, 0.25) is 0 Å². The number of carbonyl (C=O) groups is 2. The summed E-state index contributed by atoms with van der Waals surface area (Å²) in [6.45, 7) is 6.83. The van der Waals surface area contributed by atoms with Gasteiger partial charge in [-0.05, 0) is 39.3 Å². The number of amides is 2. The first-order valence-corrected chi connectivity index (χ1v) is 8.08. The highest BCUT2D eigenvalue weighted by Crippen LogP contribution is 2.48. The van der Waals surface area contributed by atoms with E-state index in [-0.39, 0.29) is 16.8 Å². The number of halogens is 1. The van der Waals surface area contributed by atoms with Gasteiger partial charge in [-0.25, -0.2) is 14.1 Å². The molecule has 0 spiro atoms. The molecule has 130 valence electrons. The van der Waals surface area contributed by atoms with Crippen LogP contribution in [0, 0.1) is 6.92 Å². The van der Waals surface area contributed by atoms with Crippen LogP contribution in [0.1, 0.15) is 37.5 Å². The minimum atomic E-state index is -2.42. The van der Waals surface area contributed by atoms with Gasteiger partial charge in [0.25, 0.3) is 5.91 Å². The Morgan fingerprint density at radius 1 is 1.04 bits per heavy atom. The normalized spacial score (nSPS) is 19.7. The van der Waals surface area contributed by atoms with E-state index in [2.05, 4.69) is 0 Å². The summed E-state index contributed by atoms with van der Waals surface area (Å²) in [6.07, 6.45) is -0.877. The quantitative estimate of drug-likeness (QED) is 0.768. The lowest BCUT2D eigenvalue weighted by molar-refractivity contribution is -0.126. The van der Waals surface area contributed by atoms with Crippen molar-refractivity contribution < 1.29 is 18.7 Å². The van der Waals surface area contributed by atoms with Crippen LogP contribution in [0.4, 0.5) is 14.9 Å². The monoisotopic (exact) mass is 341 g/mol. The van der Waals surface area contributed by atoms with Gasteiger partial charge in [0.2, 0.25) is 5.67 Å². The van der Waals surface area contributed by atoms with Crippen molar-refractivity contribution in [1.82, 2.24) is 0 Å². The molecule has 2 aromatic rings. The fourth-order valence-corrected chi connectivity index (χ4v) is 3.05. The molecule has 0 bridgehead atoms. The Morgan fingerprint density at radius 3 is 2.20 bits per heavy atom. The van der Waals surface area contributed by atoms with E-state index < -0.39 is 23.3 Å². The maximum absolute atomic E-state index is 16.1. The maximum atomic E-state index is 16.1. The number of benzene rings is 2. The van der Waals surface area contributed by atoms with E-state index in [1.165, 1.54) is 6.07 Å². The zero-order valence-corrected chi connectivity index (χ0v) is 14.7. The number of carbonyl (C=O) groups excluding carboxylic acids is 2. The number of anilines is 1. The molecule has 1 aliphatic heterocycles. The summed E-state index contributed by atoms with van der Waals surface area (Å²) in [5.41, 5.74) is -1.97. The Bertz CT molecular complexity index is 856. The highest BCUT2D eigenvalue weighted by Gasteiger charge is 2.56. The molecule has 0 unspecified atom stereocenters. The molecular formula is C20H20FNO3. The Balaban J connectivity index is 2.17. The first kappa shape index (κ1) is 17.1. The average Bonchev–Trinajstić information content (AvgIpc) is 2.75. The molecule has 0 aromatic heterocycles. The number of alkyl halides is 1. The van der Waals surface area contributed by atoms with Crippen molar-refractivity contribution in [2.24, 2.45) is 0 Å². The van der Waals surface area contributed by atoms with E-state index in [0.29, 0.717) is 5.56 Å². The van der Waals surface area contributed by atoms with Crippen LogP contribution in [0.25, 0.3) is 0 Å². The first-order valence-electron chi connectivity index (χ1n) is 8.08. The SMILES string of the molecule is Cc1ccccc1[C@@]1(F)C(=O)N(C(=O)OC(C)(C)C)c2ccccc21. The van der Waals surface area contributed by atoms with Gasteiger partial charge in [-0.15, -0.1) is 0 Å². The number of para-hydroxylation sites is 1. The van der Waals surface area contributed by atoms with E-state index >= 15 is 4.39 Å². The summed E-state index contributed by atoms with van der Waals surface area (Å²) < 4.78 is 21.4. The van der Waals surface area contributed by atoms with Crippen molar-refractivity contribution in [3.8, 4) is 0 Å². The molecule has 2 amide bonds. The summed E-state index contributed by atoms with van der Waals surface area (Å²) in [5.74, 6) is -0.947. The maximum Gasteiger partial charge on any atom is 0.421 e. The summed E-state index contributed by atoms with van der Waals surface area (Å²) in [6, 6.07) is 13.2. The second-order valence-electron chi connectivity index (χ2n) is 7.11. The second-order valence-corrected chi connectivity index (χ2v) is 7.11. The van der Waals surface area contributed by atoms with Gasteiger partial charge in [0.05, 0.1) is 5.69 Å². The Kier molecular flexibility index (Phi) is 3.90. The smallest absolute Gasteiger partial charge is 0.421 e. The summed E-state index contributed by atoms with van der Waals surface area (Å²) >= 11 is 0. The van der Waals surface area contributed by atoms with Gasteiger partial charge in [0.1, 0.15) is 5.60 Å². The fourth-order valence-electron chi connectivity index (χ4n) is 3.05. The van der Waals surface area contributed by atoms with E-state index in [1.54, 1.807) is 70.2 Å². The molecule has 1 heterocycles. The summed E-state index contributed by atoms with van der Waals surface area (Å²) in [5, 5.41) is 0. The molecule has 0 fully saturated rings. The molecule has 5 heteroatoms. The molecule has 0 saturated heterocycles. The topological polar surface area (TPSA) is 46.6 Å². The van der Waals surface area contributed by atoms with Crippen LogP contribution in [0.5, 0.6) is 0 Å². The van der Waals surface area contributed by atoms with E-state index in [4.69, 9.17) is 4.74 Å². The van der Waals surface area contributed by atoms with Gasteiger partial charge in [0, 0.05) is 11.1 Å². The molecule has 0 radical (unpaired) electrons. The number of fused-ring (bicyclic) bond motifs is 1. The number of hydrogen-bond donors (Lipinski definition) is 0. The van der Waals surface area contributed by atoms with Gasteiger partial charge >= 0.3 is 6.09 Å². The highest BCUT2D eigenvalue weighted by atomic mass is 19.1. The minimum absolute atomic E-state index is 0.153. The van der Waals surface area contributed by atoms with Crippen LogP contribution in [0.3, 0.4) is 0 Å².